The lowest BCUT2D eigenvalue weighted by atomic mass is 10.2. The van der Waals surface area contributed by atoms with Crippen molar-refractivity contribution in [3.05, 3.63) is 52.3 Å². The first kappa shape index (κ1) is 13.1. The number of rotatable bonds is 3. The van der Waals surface area contributed by atoms with Gasteiger partial charge in [-0.05, 0) is 26.0 Å². The van der Waals surface area contributed by atoms with Gasteiger partial charge in [0.05, 0.1) is 17.9 Å². The Bertz CT molecular complexity index is 756. The van der Waals surface area contributed by atoms with E-state index in [-0.39, 0.29) is 0 Å². The van der Waals surface area contributed by atoms with Gasteiger partial charge >= 0.3 is 0 Å². The van der Waals surface area contributed by atoms with Crippen LogP contribution in [-0.4, -0.2) is 9.38 Å². The van der Waals surface area contributed by atoms with E-state index in [1.807, 2.05) is 24.4 Å². The molecule has 2 aromatic heterocycles. The Morgan fingerprint density at radius 3 is 2.60 bits per heavy atom. The molecule has 0 fully saturated rings. The number of imidazole rings is 1. The number of fused-ring (bicyclic) bond motifs is 1. The summed E-state index contributed by atoms with van der Waals surface area (Å²) in [5.74, 6) is -1.18. The van der Waals surface area contributed by atoms with Crippen molar-refractivity contribution >= 4 is 22.0 Å². The van der Waals surface area contributed by atoms with E-state index in [1.165, 1.54) is 17.0 Å². The molecule has 2 heterocycles. The third-order valence-corrected chi connectivity index (χ3v) is 3.96. The fraction of sp³-hybridized carbons (Fsp3) is 0.214. The number of nitrogens with one attached hydrogen (secondary N) is 1. The van der Waals surface area contributed by atoms with Gasteiger partial charge in [-0.2, -0.15) is 0 Å². The molecule has 0 unspecified atom stereocenters. The molecule has 1 aromatic carbocycles. The van der Waals surface area contributed by atoms with E-state index >= 15 is 0 Å². The van der Waals surface area contributed by atoms with Gasteiger partial charge in [0.2, 0.25) is 0 Å². The minimum Gasteiger partial charge on any atom is -0.379 e. The lowest BCUT2D eigenvalue weighted by molar-refractivity contribution is 0.584. The molecule has 0 radical (unpaired) electrons. The minimum absolute atomic E-state index is 0.420. The van der Waals surface area contributed by atoms with Gasteiger partial charge in [-0.3, -0.25) is 4.40 Å². The molecule has 0 aliphatic rings. The zero-order valence-corrected chi connectivity index (χ0v) is 11.9. The Hall–Kier alpha value is -1.95. The third kappa shape index (κ3) is 2.38. The monoisotopic (exact) mass is 293 g/mol. The fourth-order valence-electron chi connectivity index (χ4n) is 2.16. The van der Waals surface area contributed by atoms with Crippen LogP contribution in [0.1, 0.15) is 16.3 Å². The van der Waals surface area contributed by atoms with Gasteiger partial charge in [-0.25, -0.2) is 13.8 Å². The summed E-state index contributed by atoms with van der Waals surface area (Å²) in [5, 5.41) is 3.03. The highest BCUT2D eigenvalue weighted by atomic mass is 32.1. The minimum atomic E-state index is -0.589. The Morgan fingerprint density at radius 2 is 1.90 bits per heavy atom. The Kier molecular flexibility index (Phi) is 3.17. The molecule has 1 N–H and O–H groups in total. The van der Waals surface area contributed by atoms with Crippen molar-refractivity contribution in [2.45, 2.75) is 20.4 Å². The maximum atomic E-state index is 13.1. The van der Waals surface area contributed by atoms with Crippen LogP contribution in [0, 0.1) is 25.5 Å². The molecule has 0 saturated heterocycles. The van der Waals surface area contributed by atoms with Gasteiger partial charge in [0, 0.05) is 22.8 Å². The van der Waals surface area contributed by atoms with E-state index in [0.717, 1.165) is 22.4 Å². The molecule has 3 aromatic rings. The molecule has 0 aliphatic carbocycles. The van der Waals surface area contributed by atoms with Crippen LogP contribution < -0.4 is 5.32 Å². The number of hydrogen-bond donors (Lipinski definition) is 1. The molecular formula is C14H13F2N3S. The molecule has 20 heavy (non-hydrogen) atoms. The number of aryl methyl sites for hydroxylation is 2. The molecule has 3 nitrogen and oxygen atoms in total. The zero-order valence-electron chi connectivity index (χ0n) is 11.1. The van der Waals surface area contributed by atoms with Gasteiger partial charge < -0.3 is 5.32 Å². The number of halogens is 2. The number of nitrogens with zero attached hydrogens (tertiary/aromatic N) is 2. The largest absolute Gasteiger partial charge is 0.379 e. The quantitative estimate of drug-likeness (QED) is 0.793. The molecule has 0 aliphatic heterocycles. The second kappa shape index (κ2) is 4.86. The highest BCUT2D eigenvalue weighted by Crippen LogP contribution is 2.22. The lowest BCUT2D eigenvalue weighted by Gasteiger charge is -2.07. The van der Waals surface area contributed by atoms with Crippen molar-refractivity contribution in [1.29, 1.82) is 0 Å². The smallest absolute Gasteiger partial charge is 0.194 e. The van der Waals surface area contributed by atoms with E-state index in [9.17, 15) is 8.78 Å². The summed E-state index contributed by atoms with van der Waals surface area (Å²) in [4.78, 5) is 6.58. The molecule has 0 spiro atoms. The Balaban J connectivity index is 1.87. The summed E-state index contributed by atoms with van der Waals surface area (Å²) >= 11 is 1.62. The van der Waals surface area contributed by atoms with E-state index in [1.54, 1.807) is 11.3 Å². The summed E-state index contributed by atoms with van der Waals surface area (Å²) in [6.07, 6.45) is 2.02. The van der Waals surface area contributed by atoms with E-state index in [4.69, 9.17) is 0 Å². The Labute approximate surface area is 118 Å². The molecule has 0 saturated carbocycles. The molecule has 0 bridgehead atoms. The first-order valence-electron chi connectivity index (χ1n) is 6.17. The standard InChI is InChI=1S/C14H13F2N3S/c1-8-7-19-13(9(2)18-14(19)20-8)6-17-12-4-10(15)3-11(16)5-12/h3-5,7,17H,6H2,1-2H3. The Morgan fingerprint density at radius 1 is 1.20 bits per heavy atom. The highest BCUT2D eigenvalue weighted by Gasteiger charge is 2.11. The second-order valence-electron chi connectivity index (χ2n) is 4.65. The average molecular weight is 293 g/mol. The van der Waals surface area contributed by atoms with Crippen LogP contribution in [0.25, 0.3) is 4.96 Å². The van der Waals surface area contributed by atoms with Crippen molar-refractivity contribution in [2.75, 3.05) is 5.32 Å². The van der Waals surface area contributed by atoms with Crippen molar-refractivity contribution in [3.63, 3.8) is 0 Å². The summed E-state index contributed by atoms with van der Waals surface area (Å²) in [6.45, 7) is 4.41. The molecule has 3 rings (SSSR count). The van der Waals surface area contributed by atoms with Crippen LogP contribution in [-0.2, 0) is 6.54 Å². The predicted molar refractivity (Wildman–Crippen MR) is 76.2 cm³/mol. The maximum absolute atomic E-state index is 13.1. The van der Waals surface area contributed by atoms with Crippen molar-refractivity contribution < 1.29 is 8.78 Å². The van der Waals surface area contributed by atoms with E-state index in [2.05, 4.69) is 10.3 Å². The van der Waals surface area contributed by atoms with Crippen LogP contribution >= 0.6 is 11.3 Å². The van der Waals surface area contributed by atoms with Crippen molar-refractivity contribution in [2.24, 2.45) is 0 Å². The van der Waals surface area contributed by atoms with Gasteiger partial charge in [-0.15, -0.1) is 11.3 Å². The number of hydrogen-bond acceptors (Lipinski definition) is 3. The van der Waals surface area contributed by atoms with Crippen molar-refractivity contribution in [1.82, 2.24) is 9.38 Å². The molecular weight excluding hydrogens is 280 g/mol. The fourth-order valence-corrected chi connectivity index (χ4v) is 3.05. The lowest BCUT2D eigenvalue weighted by Crippen LogP contribution is -2.04. The first-order chi connectivity index (χ1) is 9.52. The molecule has 0 atom stereocenters. The van der Waals surface area contributed by atoms with E-state index in [0.29, 0.717) is 12.2 Å². The van der Waals surface area contributed by atoms with Crippen LogP contribution in [0.4, 0.5) is 14.5 Å². The molecule has 6 heteroatoms. The van der Waals surface area contributed by atoms with Gasteiger partial charge in [0.25, 0.3) is 0 Å². The SMILES string of the molecule is Cc1cn2c(CNc3cc(F)cc(F)c3)c(C)nc2s1. The number of thiazole rings is 1. The number of anilines is 1. The van der Waals surface area contributed by atoms with Gasteiger partial charge in [-0.1, -0.05) is 0 Å². The van der Waals surface area contributed by atoms with Crippen molar-refractivity contribution in [3.8, 4) is 0 Å². The zero-order chi connectivity index (χ0) is 14.3. The summed E-state index contributed by atoms with van der Waals surface area (Å²) in [7, 11) is 0. The third-order valence-electron chi connectivity index (χ3n) is 3.06. The van der Waals surface area contributed by atoms with Crippen LogP contribution in [0.5, 0.6) is 0 Å². The first-order valence-corrected chi connectivity index (χ1v) is 6.98. The topological polar surface area (TPSA) is 29.3 Å². The predicted octanol–water partition coefficient (Wildman–Crippen LogP) is 3.90. The summed E-state index contributed by atoms with van der Waals surface area (Å²) in [5.41, 5.74) is 2.33. The highest BCUT2D eigenvalue weighted by molar-refractivity contribution is 7.17. The van der Waals surface area contributed by atoms with Gasteiger partial charge in [0.1, 0.15) is 11.6 Å². The normalized spacial score (nSPS) is 11.2. The van der Waals surface area contributed by atoms with Gasteiger partial charge in [0.15, 0.2) is 4.96 Å². The molecule has 0 amide bonds. The van der Waals surface area contributed by atoms with Crippen LogP contribution in [0.2, 0.25) is 0 Å². The van der Waals surface area contributed by atoms with Crippen LogP contribution in [0.3, 0.4) is 0 Å². The van der Waals surface area contributed by atoms with Crippen LogP contribution in [0.15, 0.2) is 24.4 Å². The van der Waals surface area contributed by atoms with E-state index < -0.39 is 11.6 Å². The maximum Gasteiger partial charge on any atom is 0.194 e. The summed E-state index contributed by atoms with van der Waals surface area (Å²) in [6, 6.07) is 3.40. The number of benzene rings is 1. The molecule has 104 valence electrons. The number of aromatic nitrogens is 2. The summed E-state index contributed by atoms with van der Waals surface area (Å²) < 4.78 is 28.3. The second-order valence-corrected chi connectivity index (χ2v) is 5.86. The average Bonchev–Trinajstić information content (AvgIpc) is 2.81.